The molecule has 1 amide bonds. The van der Waals surface area contributed by atoms with E-state index >= 15 is 0 Å². The number of thiophene rings is 1. The number of non-ortho nitro benzene ring substituents is 1. The number of carbonyl (C=O) groups is 1. The normalized spacial score (nSPS) is 10.9. The van der Waals surface area contributed by atoms with Crippen LogP contribution in [-0.4, -0.2) is 21.0 Å². The summed E-state index contributed by atoms with van der Waals surface area (Å²) in [5.41, 5.74) is 2.27. The number of rotatable bonds is 6. The molecule has 4 aromatic rings. The van der Waals surface area contributed by atoms with E-state index in [2.05, 4.69) is 34.6 Å². The molecule has 0 aliphatic rings. The van der Waals surface area contributed by atoms with E-state index in [0.29, 0.717) is 22.6 Å². The van der Waals surface area contributed by atoms with Crippen LogP contribution in [0.5, 0.6) is 0 Å². The highest BCUT2D eigenvalue weighted by molar-refractivity contribution is 7.20. The van der Waals surface area contributed by atoms with Crippen LogP contribution in [0.25, 0.3) is 10.1 Å². The minimum atomic E-state index is -0.466. The highest BCUT2D eigenvalue weighted by Crippen LogP contribution is 2.29. The molecule has 2 heterocycles. The Labute approximate surface area is 169 Å². The van der Waals surface area contributed by atoms with Gasteiger partial charge < -0.3 is 4.42 Å². The van der Waals surface area contributed by atoms with Crippen molar-refractivity contribution in [3.8, 4) is 0 Å². The Morgan fingerprint density at radius 1 is 1.14 bits per heavy atom. The first-order valence-corrected chi connectivity index (χ1v) is 9.73. The smallest absolute Gasteiger partial charge is 0.322 e. The van der Waals surface area contributed by atoms with E-state index in [9.17, 15) is 14.9 Å². The number of hydrogen-bond acceptors (Lipinski definition) is 7. The summed E-state index contributed by atoms with van der Waals surface area (Å²) in [5, 5.41) is 21.9. The molecule has 0 bridgehead atoms. The first-order valence-electron chi connectivity index (χ1n) is 8.91. The second-order valence-corrected chi connectivity index (χ2v) is 7.48. The van der Waals surface area contributed by atoms with Crippen LogP contribution in [0.1, 0.15) is 33.6 Å². The van der Waals surface area contributed by atoms with E-state index in [1.807, 2.05) is 12.1 Å². The van der Waals surface area contributed by atoms with Crippen LogP contribution in [0.4, 0.5) is 11.7 Å². The van der Waals surface area contributed by atoms with Gasteiger partial charge in [-0.1, -0.05) is 36.3 Å². The van der Waals surface area contributed by atoms with Crippen molar-refractivity contribution in [1.29, 1.82) is 0 Å². The second-order valence-electron chi connectivity index (χ2n) is 6.39. The molecule has 0 saturated heterocycles. The van der Waals surface area contributed by atoms with Crippen LogP contribution < -0.4 is 5.32 Å². The minimum Gasteiger partial charge on any atom is -0.407 e. The first kappa shape index (κ1) is 18.8. The summed E-state index contributed by atoms with van der Waals surface area (Å²) < 4.78 is 6.30. The molecular weight excluding hydrogens is 392 g/mol. The lowest BCUT2D eigenvalue weighted by molar-refractivity contribution is -0.384. The second kappa shape index (κ2) is 7.80. The van der Waals surface area contributed by atoms with Crippen molar-refractivity contribution in [1.82, 2.24) is 10.2 Å². The molecule has 1 N–H and O–H groups in total. The number of aryl methyl sites for hydroxylation is 1. The summed E-state index contributed by atoms with van der Waals surface area (Å²) >= 11 is 1.23. The molecule has 29 heavy (non-hydrogen) atoms. The van der Waals surface area contributed by atoms with Crippen LogP contribution >= 0.6 is 11.3 Å². The molecule has 0 aliphatic carbocycles. The van der Waals surface area contributed by atoms with E-state index in [4.69, 9.17) is 4.42 Å². The van der Waals surface area contributed by atoms with Crippen LogP contribution in [-0.2, 0) is 12.8 Å². The van der Waals surface area contributed by atoms with Gasteiger partial charge in [0.2, 0.25) is 5.89 Å². The fraction of sp³-hybridized carbons (Fsp3) is 0.150. The van der Waals surface area contributed by atoms with Crippen LogP contribution in [0.15, 0.2) is 52.9 Å². The number of benzene rings is 2. The van der Waals surface area contributed by atoms with Crippen molar-refractivity contribution in [2.75, 3.05) is 5.32 Å². The number of hydrogen-bond donors (Lipinski definition) is 1. The quantitative estimate of drug-likeness (QED) is 0.369. The van der Waals surface area contributed by atoms with Gasteiger partial charge in [-0.15, -0.1) is 16.4 Å². The minimum absolute atomic E-state index is 0.0126. The summed E-state index contributed by atoms with van der Waals surface area (Å²) in [6, 6.07) is 14.2. The largest absolute Gasteiger partial charge is 0.407 e. The Kier molecular flexibility index (Phi) is 5.05. The van der Waals surface area contributed by atoms with Gasteiger partial charge in [0, 0.05) is 22.2 Å². The maximum Gasteiger partial charge on any atom is 0.322 e. The molecule has 2 aromatic heterocycles. The zero-order chi connectivity index (χ0) is 20.4. The van der Waals surface area contributed by atoms with Crippen molar-refractivity contribution in [3.63, 3.8) is 0 Å². The summed E-state index contributed by atoms with van der Waals surface area (Å²) in [4.78, 5) is 23.3. The molecule has 146 valence electrons. The number of nitrogens with one attached hydrogen (secondary N) is 1. The maximum atomic E-state index is 12.5. The zero-order valence-electron chi connectivity index (χ0n) is 15.4. The van der Waals surface area contributed by atoms with Crippen molar-refractivity contribution in [3.05, 3.63) is 80.5 Å². The van der Waals surface area contributed by atoms with Gasteiger partial charge >= 0.3 is 6.01 Å². The van der Waals surface area contributed by atoms with Crippen LogP contribution in [0.3, 0.4) is 0 Å². The lowest BCUT2D eigenvalue weighted by Crippen LogP contribution is -2.10. The standard InChI is InChI=1S/C20H16N4O4S/c1-2-12-3-5-13(6-4-12)9-18-22-23-20(28-18)21-19(25)17-11-14-10-15(24(26)27)7-8-16(14)29-17/h3-8,10-11H,2,9H2,1H3,(H,21,23,25). The van der Waals surface area contributed by atoms with Gasteiger partial charge in [-0.2, -0.15) is 0 Å². The number of nitrogens with zero attached hydrogens (tertiary/aromatic N) is 3. The zero-order valence-corrected chi connectivity index (χ0v) is 16.2. The number of nitro benzene ring substituents is 1. The molecule has 8 nitrogen and oxygen atoms in total. The molecule has 0 atom stereocenters. The molecular formula is C20H16N4O4S. The Morgan fingerprint density at radius 2 is 1.90 bits per heavy atom. The summed E-state index contributed by atoms with van der Waals surface area (Å²) in [7, 11) is 0. The molecule has 2 aromatic carbocycles. The van der Waals surface area contributed by atoms with Crippen LogP contribution in [0, 0.1) is 10.1 Å². The van der Waals surface area contributed by atoms with E-state index in [1.54, 1.807) is 12.1 Å². The third kappa shape index (κ3) is 4.14. The van der Waals surface area contributed by atoms with E-state index in [-0.39, 0.29) is 11.7 Å². The summed E-state index contributed by atoms with van der Waals surface area (Å²) in [6.07, 6.45) is 1.45. The predicted octanol–water partition coefficient (Wildman–Crippen LogP) is 4.60. The first-order chi connectivity index (χ1) is 14.0. The lowest BCUT2D eigenvalue weighted by atomic mass is 10.1. The van der Waals surface area contributed by atoms with Crippen molar-refractivity contribution in [2.24, 2.45) is 0 Å². The van der Waals surface area contributed by atoms with E-state index in [0.717, 1.165) is 16.7 Å². The number of anilines is 1. The molecule has 0 saturated carbocycles. The summed E-state index contributed by atoms with van der Waals surface area (Å²) in [5.74, 6) is -0.00661. The topological polar surface area (TPSA) is 111 Å². The molecule has 0 aliphatic heterocycles. The highest BCUT2D eigenvalue weighted by Gasteiger charge is 2.16. The number of amides is 1. The molecule has 0 radical (unpaired) electrons. The van der Waals surface area contributed by atoms with Crippen molar-refractivity contribution < 1.29 is 14.1 Å². The Bertz CT molecular complexity index is 1200. The van der Waals surface area contributed by atoms with Crippen molar-refractivity contribution >= 4 is 39.0 Å². The van der Waals surface area contributed by atoms with Crippen LogP contribution in [0.2, 0.25) is 0 Å². The van der Waals surface area contributed by atoms with Gasteiger partial charge in [-0.25, -0.2) is 0 Å². The molecule has 0 spiro atoms. The fourth-order valence-corrected chi connectivity index (χ4v) is 3.80. The maximum absolute atomic E-state index is 12.5. The molecule has 0 fully saturated rings. The SMILES string of the molecule is CCc1ccc(Cc2nnc(NC(=O)c3cc4cc([N+](=O)[O-])ccc4s3)o2)cc1. The number of nitro groups is 1. The van der Waals surface area contributed by atoms with Gasteiger partial charge in [0.1, 0.15) is 0 Å². The van der Waals surface area contributed by atoms with Gasteiger partial charge in [-0.05, 0) is 29.7 Å². The van der Waals surface area contributed by atoms with Gasteiger partial charge in [0.05, 0.1) is 16.2 Å². The fourth-order valence-electron chi connectivity index (χ4n) is 2.86. The molecule has 4 rings (SSSR count). The molecule has 9 heteroatoms. The average molecular weight is 408 g/mol. The van der Waals surface area contributed by atoms with Gasteiger partial charge in [0.15, 0.2) is 0 Å². The van der Waals surface area contributed by atoms with Crippen molar-refractivity contribution in [2.45, 2.75) is 19.8 Å². The van der Waals surface area contributed by atoms with Gasteiger partial charge in [-0.3, -0.25) is 20.2 Å². The van der Waals surface area contributed by atoms with E-state index in [1.165, 1.54) is 29.0 Å². The molecule has 0 unspecified atom stereocenters. The summed E-state index contributed by atoms with van der Waals surface area (Å²) in [6.45, 7) is 2.10. The predicted molar refractivity (Wildman–Crippen MR) is 109 cm³/mol. The van der Waals surface area contributed by atoms with Gasteiger partial charge in [0.25, 0.3) is 11.6 Å². The number of carbonyl (C=O) groups excluding carboxylic acids is 1. The number of fused-ring (bicyclic) bond motifs is 1. The number of aromatic nitrogens is 2. The lowest BCUT2D eigenvalue weighted by Gasteiger charge is -1.99. The third-order valence-corrected chi connectivity index (χ3v) is 5.52. The Hall–Kier alpha value is -3.59. The Morgan fingerprint density at radius 3 is 2.62 bits per heavy atom. The monoisotopic (exact) mass is 408 g/mol. The highest BCUT2D eigenvalue weighted by atomic mass is 32.1. The Balaban J connectivity index is 1.45. The average Bonchev–Trinajstić information content (AvgIpc) is 3.34. The third-order valence-electron chi connectivity index (χ3n) is 4.41. The van der Waals surface area contributed by atoms with E-state index < -0.39 is 10.8 Å².